The molecule has 1 amide bonds. The number of aromatic nitrogens is 2. The summed E-state index contributed by atoms with van der Waals surface area (Å²) in [5, 5.41) is 7.02. The standard InChI is InChI=1S/C22H26N4O3S/c1-3-4-15-26-21(13-14-23-26)24-22(27)19-11-8-12-20(16-19)30(28,29)25-17(2)18-9-6-5-7-10-18/h5-14,16-17,25H,3-4,15H2,1-2H3,(H,24,27). The summed E-state index contributed by atoms with van der Waals surface area (Å²) in [6, 6.07) is 16.6. The van der Waals surface area contributed by atoms with Gasteiger partial charge in [-0.05, 0) is 37.1 Å². The van der Waals surface area contributed by atoms with Crippen molar-refractivity contribution in [3.8, 4) is 0 Å². The number of aryl methyl sites for hydroxylation is 1. The Morgan fingerprint density at radius 2 is 1.87 bits per heavy atom. The fourth-order valence-electron chi connectivity index (χ4n) is 3.03. The summed E-state index contributed by atoms with van der Waals surface area (Å²) in [4.78, 5) is 12.7. The van der Waals surface area contributed by atoms with Gasteiger partial charge in [0.25, 0.3) is 5.91 Å². The summed E-state index contributed by atoms with van der Waals surface area (Å²) in [5.74, 6) is 0.193. The van der Waals surface area contributed by atoms with Crippen molar-refractivity contribution < 1.29 is 13.2 Å². The van der Waals surface area contributed by atoms with E-state index in [0.29, 0.717) is 12.4 Å². The van der Waals surface area contributed by atoms with Crippen LogP contribution in [0.1, 0.15) is 48.7 Å². The van der Waals surface area contributed by atoms with Gasteiger partial charge >= 0.3 is 0 Å². The van der Waals surface area contributed by atoms with Crippen LogP contribution >= 0.6 is 0 Å². The number of benzene rings is 2. The first kappa shape index (κ1) is 21.7. The third-order valence-electron chi connectivity index (χ3n) is 4.72. The number of hydrogen-bond acceptors (Lipinski definition) is 4. The van der Waals surface area contributed by atoms with Crippen molar-refractivity contribution in [2.45, 2.75) is 44.2 Å². The molecule has 1 heterocycles. The first-order chi connectivity index (χ1) is 14.4. The van der Waals surface area contributed by atoms with Gasteiger partial charge in [-0.15, -0.1) is 0 Å². The topological polar surface area (TPSA) is 93.1 Å². The van der Waals surface area contributed by atoms with Gasteiger partial charge in [0.15, 0.2) is 0 Å². The van der Waals surface area contributed by atoms with E-state index in [4.69, 9.17) is 0 Å². The number of rotatable bonds is 9. The van der Waals surface area contributed by atoms with Crippen LogP contribution in [-0.4, -0.2) is 24.1 Å². The summed E-state index contributed by atoms with van der Waals surface area (Å²) >= 11 is 0. The van der Waals surface area contributed by atoms with E-state index < -0.39 is 16.1 Å². The minimum atomic E-state index is -3.79. The Hall–Kier alpha value is -2.97. The lowest BCUT2D eigenvalue weighted by molar-refractivity contribution is 0.102. The van der Waals surface area contributed by atoms with Crippen LogP contribution in [0.25, 0.3) is 0 Å². The molecule has 158 valence electrons. The lowest BCUT2D eigenvalue weighted by Crippen LogP contribution is -2.27. The first-order valence-electron chi connectivity index (χ1n) is 9.91. The monoisotopic (exact) mass is 426 g/mol. The molecule has 30 heavy (non-hydrogen) atoms. The SMILES string of the molecule is CCCCn1nccc1NC(=O)c1cccc(S(=O)(=O)NC(C)c2ccccc2)c1. The van der Waals surface area contributed by atoms with Crippen LogP contribution < -0.4 is 10.0 Å². The van der Waals surface area contributed by atoms with Crippen molar-refractivity contribution in [3.05, 3.63) is 78.0 Å². The highest BCUT2D eigenvalue weighted by molar-refractivity contribution is 7.89. The Balaban J connectivity index is 1.75. The maximum Gasteiger partial charge on any atom is 0.256 e. The molecular weight excluding hydrogens is 400 g/mol. The molecule has 8 heteroatoms. The van der Waals surface area contributed by atoms with Crippen LogP contribution in [0.2, 0.25) is 0 Å². The zero-order valence-corrected chi connectivity index (χ0v) is 17.9. The maximum absolute atomic E-state index is 12.8. The lowest BCUT2D eigenvalue weighted by Gasteiger charge is -2.15. The van der Waals surface area contributed by atoms with Crippen LogP contribution in [0.4, 0.5) is 5.82 Å². The summed E-state index contributed by atoms with van der Waals surface area (Å²) in [5.41, 5.74) is 1.11. The molecule has 0 aliphatic heterocycles. The Morgan fingerprint density at radius 1 is 1.10 bits per heavy atom. The van der Waals surface area contributed by atoms with E-state index in [9.17, 15) is 13.2 Å². The van der Waals surface area contributed by atoms with Gasteiger partial charge in [-0.1, -0.05) is 49.7 Å². The normalized spacial score (nSPS) is 12.5. The number of unbranched alkanes of at least 4 members (excludes halogenated alkanes) is 1. The smallest absolute Gasteiger partial charge is 0.256 e. The van der Waals surface area contributed by atoms with Gasteiger partial charge in [0, 0.05) is 24.2 Å². The number of nitrogens with one attached hydrogen (secondary N) is 2. The molecule has 0 aliphatic rings. The highest BCUT2D eigenvalue weighted by Crippen LogP contribution is 2.18. The van der Waals surface area contributed by atoms with Gasteiger partial charge in [-0.3, -0.25) is 4.79 Å². The van der Waals surface area contributed by atoms with Crippen LogP contribution in [0.3, 0.4) is 0 Å². The molecule has 0 aliphatic carbocycles. The van der Waals surface area contributed by atoms with Crippen molar-refractivity contribution in [1.29, 1.82) is 0 Å². The van der Waals surface area contributed by atoms with E-state index in [-0.39, 0.29) is 16.4 Å². The van der Waals surface area contributed by atoms with Gasteiger partial charge in [-0.2, -0.15) is 5.10 Å². The second kappa shape index (κ2) is 9.69. The molecule has 1 atom stereocenters. The third kappa shape index (κ3) is 5.34. The predicted molar refractivity (Wildman–Crippen MR) is 117 cm³/mol. The third-order valence-corrected chi connectivity index (χ3v) is 6.26. The largest absolute Gasteiger partial charge is 0.307 e. The molecule has 7 nitrogen and oxygen atoms in total. The molecule has 0 spiro atoms. The molecule has 2 N–H and O–H groups in total. The highest BCUT2D eigenvalue weighted by Gasteiger charge is 2.20. The van der Waals surface area contributed by atoms with Gasteiger partial charge in [0.05, 0.1) is 11.1 Å². The fraction of sp³-hybridized carbons (Fsp3) is 0.273. The van der Waals surface area contributed by atoms with Crippen LogP contribution in [-0.2, 0) is 16.6 Å². The van der Waals surface area contributed by atoms with Crippen molar-refractivity contribution >= 4 is 21.7 Å². The Bertz CT molecular complexity index is 1090. The number of hydrogen-bond donors (Lipinski definition) is 2. The van der Waals surface area contributed by atoms with E-state index >= 15 is 0 Å². The molecule has 0 fully saturated rings. The fourth-order valence-corrected chi connectivity index (χ4v) is 4.31. The second-order valence-corrected chi connectivity index (χ2v) is 8.74. The Labute approximate surface area is 177 Å². The first-order valence-corrected chi connectivity index (χ1v) is 11.4. The number of anilines is 1. The maximum atomic E-state index is 12.8. The van der Waals surface area contributed by atoms with Crippen molar-refractivity contribution in [3.63, 3.8) is 0 Å². The summed E-state index contributed by atoms with van der Waals surface area (Å²) < 4.78 is 30.0. The van der Waals surface area contributed by atoms with Crippen molar-refractivity contribution in [1.82, 2.24) is 14.5 Å². The molecule has 1 aromatic heterocycles. The number of amides is 1. The zero-order chi connectivity index (χ0) is 21.6. The molecule has 0 radical (unpaired) electrons. The zero-order valence-electron chi connectivity index (χ0n) is 17.1. The lowest BCUT2D eigenvalue weighted by atomic mass is 10.1. The minimum absolute atomic E-state index is 0.0393. The van der Waals surface area contributed by atoms with Gasteiger partial charge < -0.3 is 5.32 Å². The Morgan fingerprint density at radius 3 is 2.60 bits per heavy atom. The van der Waals surface area contributed by atoms with Gasteiger partial charge in [-0.25, -0.2) is 17.8 Å². The van der Waals surface area contributed by atoms with E-state index in [1.165, 1.54) is 12.1 Å². The van der Waals surface area contributed by atoms with Crippen LogP contribution in [0.15, 0.2) is 71.8 Å². The molecule has 3 rings (SSSR count). The predicted octanol–water partition coefficient (Wildman–Crippen LogP) is 3.98. The molecule has 2 aromatic carbocycles. The average Bonchev–Trinajstić information content (AvgIpc) is 3.19. The van der Waals surface area contributed by atoms with Gasteiger partial charge in [0.1, 0.15) is 5.82 Å². The quantitative estimate of drug-likeness (QED) is 0.541. The summed E-state index contributed by atoms with van der Waals surface area (Å²) in [6.07, 6.45) is 3.59. The van der Waals surface area contributed by atoms with Crippen molar-refractivity contribution in [2.75, 3.05) is 5.32 Å². The molecule has 0 bridgehead atoms. The van der Waals surface area contributed by atoms with Crippen LogP contribution in [0, 0.1) is 0 Å². The number of nitrogens with zero attached hydrogens (tertiary/aromatic N) is 2. The van der Waals surface area contributed by atoms with E-state index in [1.54, 1.807) is 36.0 Å². The number of sulfonamides is 1. The number of carbonyl (C=O) groups is 1. The molecule has 0 saturated carbocycles. The molecule has 0 saturated heterocycles. The molecular formula is C22H26N4O3S. The van der Waals surface area contributed by atoms with Gasteiger partial charge in [0.2, 0.25) is 10.0 Å². The average molecular weight is 427 g/mol. The van der Waals surface area contributed by atoms with Crippen molar-refractivity contribution in [2.24, 2.45) is 0 Å². The minimum Gasteiger partial charge on any atom is -0.307 e. The number of carbonyl (C=O) groups excluding carboxylic acids is 1. The van der Waals surface area contributed by atoms with E-state index in [0.717, 1.165) is 18.4 Å². The molecule has 1 unspecified atom stereocenters. The molecule has 3 aromatic rings. The van der Waals surface area contributed by atoms with Crippen LogP contribution in [0.5, 0.6) is 0 Å². The summed E-state index contributed by atoms with van der Waals surface area (Å²) in [7, 11) is -3.79. The Kier molecular flexibility index (Phi) is 7.02. The van der Waals surface area contributed by atoms with E-state index in [2.05, 4.69) is 22.1 Å². The van der Waals surface area contributed by atoms with E-state index in [1.807, 2.05) is 30.3 Å². The summed E-state index contributed by atoms with van der Waals surface area (Å²) in [6.45, 7) is 4.57. The second-order valence-electron chi connectivity index (χ2n) is 7.03. The highest BCUT2D eigenvalue weighted by atomic mass is 32.2.